The molecule has 0 aliphatic heterocycles. The number of thiophene rings is 1. The number of oxazole rings is 1. The summed E-state index contributed by atoms with van der Waals surface area (Å²) in [6.07, 6.45) is 0. The predicted octanol–water partition coefficient (Wildman–Crippen LogP) is 3.33. The van der Waals surface area contributed by atoms with Gasteiger partial charge in [-0.3, -0.25) is 9.59 Å². The topological polar surface area (TPSA) is 72.2 Å². The molecule has 0 aliphatic rings. The van der Waals surface area contributed by atoms with Crippen LogP contribution in [0.5, 0.6) is 0 Å². The van der Waals surface area contributed by atoms with Crippen molar-refractivity contribution in [2.75, 3.05) is 0 Å². The summed E-state index contributed by atoms with van der Waals surface area (Å²) < 4.78 is 5.60. The van der Waals surface area contributed by atoms with Gasteiger partial charge in [0.2, 0.25) is 11.7 Å². The van der Waals surface area contributed by atoms with E-state index < -0.39 is 5.37 Å². The molecule has 2 aromatic heterocycles. The molecule has 1 aromatic carbocycles. The second-order valence-corrected chi connectivity index (χ2v) is 6.49. The van der Waals surface area contributed by atoms with Crippen molar-refractivity contribution in [2.45, 2.75) is 17.5 Å². The highest BCUT2D eigenvalue weighted by atomic mass is 32.2. The van der Waals surface area contributed by atoms with Gasteiger partial charge in [0.1, 0.15) is 10.9 Å². The van der Waals surface area contributed by atoms with Gasteiger partial charge in [0.05, 0.1) is 4.88 Å². The van der Waals surface area contributed by atoms with Crippen LogP contribution in [0, 0.1) is 0 Å². The second-order valence-electron chi connectivity index (χ2n) is 4.49. The van der Waals surface area contributed by atoms with Gasteiger partial charge in [-0.2, -0.15) is 0 Å². The molecule has 22 heavy (non-hydrogen) atoms. The smallest absolute Gasteiger partial charge is 0.259 e. The fraction of sp³-hybridized carbons (Fsp3) is 0.133. The molecular weight excluding hydrogens is 320 g/mol. The van der Waals surface area contributed by atoms with Crippen LogP contribution in [0.25, 0.3) is 11.1 Å². The molecule has 0 saturated heterocycles. The van der Waals surface area contributed by atoms with Crippen LogP contribution in [-0.4, -0.2) is 22.0 Å². The Kier molecular flexibility index (Phi) is 4.26. The van der Waals surface area contributed by atoms with Gasteiger partial charge in [0, 0.05) is 6.92 Å². The summed E-state index contributed by atoms with van der Waals surface area (Å²) in [4.78, 5) is 28.7. The van der Waals surface area contributed by atoms with Crippen molar-refractivity contribution in [3.63, 3.8) is 0 Å². The first-order chi connectivity index (χ1) is 10.6. The van der Waals surface area contributed by atoms with E-state index in [-0.39, 0.29) is 11.7 Å². The Morgan fingerprint density at radius 1 is 1.27 bits per heavy atom. The number of benzene rings is 1. The SMILES string of the molecule is CC(=O)NC(Sc1nc2ccccc2o1)C(=O)c1cccs1. The molecule has 1 amide bonds. The highest BCUT2D eigenvalue weighted by Crippen LogP contribution is 2.28. The normalized spacial score (nSPS) is 12.2. The van der Waals surface area contributed by atoms with Crippen molar-refractivity contribution >= 4 is 45.9 Å². The third-order valence-electron chi connectivity index (χ3n) is 2.83. The zero-order valence-electron chi connectivity index (χ0n) is 11.6. The number of para-hydroxylation sites is 2. The maximum Gasteiger partial charge on any atom is 0.259 e. The highest BCUT2D eigenvalue weighted by Gasteiger charge is 2.25. The minimum Gasteiger partial charge on any atom is -0.431 e. The van der Waals surface area contributed by atoms with Crippen LogP contribution >= 0.6 is 23.1 Å². The molecule has 0 aliphatic carbocycles. The maximum atomic E-state index is 12.5. The summed E-state index contributed by atoms with van der Waals surface area (Å²) in [7, 11) is 0. The van der Waals surface area contributed by atoms with Gasteiger partial charge < -0.3 is 9.73 Å². The number of rotatable bonds is 5. The summed E-state index contributed by atoms with van der Waals surface area (Å²) in [6, 6.07) is 10.9. The summed E-state index contributed by atoms with van der Waals surface area (Å²) in [6.45, 7) is 1.38. The summed E-state index contributed by atoms with van der Waals surface area (Å²) >= 11 is 2.43. The number of carbonyl (C=O) groups is 2. The lowest BCUT2D eigenvalue weighted by Gasteiger charge is -2.13. The van der Waals surface area contributed by atoms with Gasteiger partial charge in [-0.05, 0) is 35.3 Å². The van der Waals surface area contributed by atoms with E-state index in [4.69, 9.17) is 4.42 Å². The largest absolute Gasteiger partial charge is 0.431 e. The first-order valence-electron chi connectivity index (χ1n) is 6.50. The highest BCUT2D eigenvalue weighted by molar-refractivity contribution is 8.00. The van der Waals surface area contributed by atoms with Crippen molar-refractivity contribution in [3.05, 3.63) is 46.7 Å². The molecule has 7 heteroatoms. The van der Waals surface area contributed by atoms with Crippen molar-refractivity contribution in [3.8, 4) is 0 Å². The van der Waals surface area contributed by atoms with Crippen molar-refractivity contribution < 1.29 is 14.0 Å². The molecule has 0 radical (unpaired) electrons. The summed E-state index contributed by atoms with van der Waals surface area (Å²) in [5.41, 5.74) is 1.37. The number of amides is 1. The van der Waals surface area contributed by atoms with E-state index >= 15 is 0 Å². The molecule has 0 bridgehead atoms. The van der Waals surface area contributed by atoms with E-state index in [1.807, 2.05) is 23.6 Å². The zero-order chi connectivity index (χ0) is 15.5. The lowest BCUT2D eigenvalue weighted by atomic mass is 10.3. The number of hydrogen-bond donors (Lipinski definition) is 1. The molecule has 5 nitrogen and oxygen atoms in total. The summed E-state index contributed by atoms with van der Waals surface area (Å²) in [5.74, 6) is -0.448. The Labute approximate surface area is 134 Å². The number of hydrogen-bond acceptors (Lipinski definition) is 6. The van der Waals surface area contributed by atoms with E-state index in [1.165, 1.54) is 18.3 Å². The van der Waals surface area contributed by atoms with Crippen LogP contribution in [0.15, 0.2) is 51.4 Å². The number of nitrogens with one attached hydrogen (secondary N) is 1. The lowest BCUT2D eigenvalue weighted by molar-refractivity contribution is -0.119. The molecule has 3 rings (SSSR count). The fourth-order valence-electron chi connectivity index (χ4n) is 1.88. The van der Waals surface area contributed by atoms with Crippen LogP contribution < -0.4 is 5.32 Å². The monoisotopic (exact) mass is 332 g/mol. The van der Waals surface area contributed by atoms with Gasteiger partial charge >= 0.3 is 0 Å². The number of aromatic nitrogens is 1. The number of carbonyl (C=O) groups excluding carboxylic acids is 2. The maximum absolute atomic E-state index is 12.5. The number of Topliss-reactive ketones (excluding diaryl/α,β-unsaturated/α-hetero) is 1. The average molecular weight is 332 g/mol. The van der Waals surface area contributed by atoms with E-state index in [0.717, 1.165) is 17.3 Å². The molecule has 2 heterocycles. The molecule has 0 saturated carbocycles. The van der Waals surface area contributed by atoms with Gasteiger partial charge in [0.15, 0.2) is 5.58 Å². The van der Waals surface area contributed by atoms with E-state index in [2.05, 4.69) is 10.3 Å². The van der Waals surface area contributed by atoms with Crippen molar-refractivity contribution in [1.82, 2.24) is 10.3 Å². The number of ketones is 1. The first-order valence-corrected chi connectivity index (χ1v) is 8.26. The molecule has 112 valence electrons. The molecular formula is C15H12N2O3S2. The van der Waals surface area contributed by atoms with Crippen LogP contribution in [0.2, 0.25) is 0 Å². The molecule has 1 atom stereocenters. The molecule has 1 unspecified atom stereocenters. The Balaban J connectivity index is 1.86. The van der Waals surface area contributed by atoms with Crippen LogP contribution in [0.3, 0.4) is 0 Å². The Hall–Kier alpha value is -2.12. The fourth-order valence-corrected chi connectivity index (χ4v) is 3.60. The summed E-state index contributed by atoms with van der Waals surface area (Å²) in [5, 5.41) is 4.06. The molecule has 1 N–H and O–H groups in total. The van der Waals surface area contributed by atoms with E-state index in [1.54, 1.807) is 18.2 Å². The third-order valence-corrected chi connectivity index (χ3v) is 4.66. The first kappa shape index (κ1) is 14.8. The Bertz CT molecular complexity index is 778. The second kappa shape index (κ2) is 6.33. The van der Waals surface area contributed by atoms with E-state index in [0.29, 0.717) is 15.7 Å². The predicted molar refractivity (Wildman–Crippen MR) is 86.1 cm³/mol. The third kappa shape index (κ3) is 3.20. The van der Waals surface area contributed by atoms with Crippen molar-refractivity contribution in [1.29, 1.82) is 0 Å². The average Bonchev–Trinajstić information content (AvgIpc) is 3.14. The molecule has 0 spiro atoms. The Morgan fingerprint density at radius 2 is 2.09 bits per heavy atom. The van der Waals surface area contributed by atoms with Gasteiger partial charge in [-0.1, -0.05) is 18.2 Å². The lowest BCUT2D eigenvalue weighted by Crippen LogP contribution is -2.36. The molecule has 0 fully saturated rings. The van der Waals surface area contributed by atoms with Crippen LogP contribution in [0.1, 0.15) is 16.6 Å². The molecule has 3 aromatic rings. The van der Waals surface area contributed by atoms with Crippen LogP contribution in [0.4, 0.5) is 0 Å². The standard InChI is InChI=1S/C15H12N2O3S2/c1-9(18)16-14(13(19)12-7-4-8-21-12)22-15-17-10-5-2-3-6-11(10)20-15/h2-8,14H,1H3,(H,16,18). The minimum atomic E-state index is -0.760. The zero-order valence-corrected chi connectivity index (χ0v) is 13.2. The van der Waals surface area contributed by atoms with E-state index in [9.17, 15) is 9.59 Å². The van der Waals surface area contributed by atoms with Crippen molar-refractivity contribution in [2.24, 2.45) is 0 Å². The van der Waals surface area contributed by atoms with Gasteiger partial charge in [0.25, 0.3) is 5.22 Å². The quantitative estimate of drug-likeness (QED) is 0.441. The van der Waals surface area contributed by atoms with Gasteiger partial charge in [-0.25, -0.2) is 4.98 Å². The Morgan fingerprint density at radius 3 is 2.77 bits per heavy atom. The number of fused-ring (bicyclic) bond motifs is 1. The van der Waals surface area contributed by atoms with Gasteiger partial charge in [-0.15, -0.1) is 11.3 Å². The number of thioether (sulfide) groups is 1. The number of nitrogens with zero attached hydrogens (tertiary/aromatic N) is 1. The van der Waals surface area contributed by atoms with Crippen LogP contribution in [-0.2, 0) is 4.79 Å². The minimum absolute atomic E-state index is 0.169.